The molecule has 1 heterocycles. The summed E-state index contributed by atoms with van der Waals surface area (Å²) in [6.07, 6.45) is -7.41. The van der Waals surface area contributed by atoms with Crippen LogP contribution in [0.2, 0.25) is 0 Å². The smallest absolute Gasteiger partial charge is 0.339 e. The molecular formula is C6H9F3O2. The normalized spacial score (nSPS) is 39.5. The topological polar surface area (TPSA) is 18.5 Å². The lowest BCUT2D eigenvalue weighted by molar-refractivity contribution is -0.279. The number of hydrogen-bond donors (Lipinski definition) is 0. The molecule has 0 aromatic heterocycles. The van der Waals surface area contributed by atoms with Gasteiger partial charge >= 0.3 is 6.18 Å². The van der Waals surface area contributed by atoms with Crippen molar-refractivity contribution in [3.63, 3.8) is 0 Å². The summed E-state index contributed by atoms with van der Waals surface area (Å²) in [7, 11) is 0. The van der Waals surface area contributed by atoms with Crippen molar-refractivity contribution in [2.24, 2.45) is 0 Å². The molecule has 0 amide bonds. The van der Waals surface area contributed by atoms with Crippen LogP contribution in [0.25, 0.3) is 0 Å². The average molecular weight is 170 g/mol. The Kier molecular flexibility index (Phi) is 2.11. The van der Waals surface area contributed by atoms with E-state index in [-0.39, 0.29) is 0 Å². The highest BCUT2D eigenvalue weighted by Gasteiger charge is 2.48. The van der Waals surface area contributed by atoms with Gasteiger partial charge in [0, 0.05) is 0 Å². The monoisotopic (exact) mass is 170 g/mol. The Labute approximate surface area is 62.3 Å². The van der Waals surface area contributed by atoms with Gasteiger partial charge in [-0.15, -0.1) is 0 Å². The Hall–Kier alpha value is -0.290. The summed E-state index contributed by atoms with van der Waals surface area (Å²) in [5, 5.41) is 0. The maximum atomic E-state index is 11.9. The third-order valence-corrected chi connectivity index (χ3v) is 1.60. The van der Waals surface area contributed by atoms with Crippen molar-refractivity contribution < 1.29 is 22.6 Å². The van der Waals surface area contributed by atoms with Crippen LogP contribution in [0.5, 0.6) is 0 Å². The lowest BCUT2D eigenvalue weighted by Gasteiger charge is -2.12. The van der Waals surface area contributed by atoms with Gasteiger partial charge in [0.25, 0.3) is 6.29 Å². The van der Waals surface area contributed by atoms with Gasteiger partial charge in [0.15, 0.2) is 0 Å². The molecule has 1 fully saturated rings. The summed E-state index contributed by atoms with van der Waals surface area (Å²) in [6, 6.07) is 0. The SMILES string of the molecule is CC1OC(C(F)(F)F)OC1C. The molecule has 0 spiro atoms. The minimum atomic E-state index is -4.40. The second-order valence-corrected chi connectivity index (χ2v) is 2.56. The molecule has 66 valence electrons. The molecule has 0 N–H and O–H groups in total. The number of ether oxygens (including phenoxy) is 2. The van der Waals surface area contributed by atoms with E-state index in [9.17, 15) is 13.2 Å². The summed E-state index contributed by atoms with van der Waals surface area (Å²) in [5.74, 6) is 0. The summed E-state index contributed by atoms with van der Waals surface area (Å²) >= 11 is 0. The third-order valence-electron chi connectivity index (χ3n) is 1.60. The van der Waals surface area contributed by atoms with Crippen LogP contribution in [0.3, 0.4) is 0 Å². The molecule has 5 heteroatoms. The Bertz CT molecular complexity index is 135. The standard InChI is InChI=1S/C6H9F3O2/c1-3-4(2)11-5(10-3)6(7,8)9/h3-5H,1-2H3. The van der Waals surface area contributed by atoms with Crippen LogP contribution in [-0.2, 0) is 9.47 Å². The fraction of sp³-hybridized carbons (Fsp3) is 1.00. The molecule has 2 atom stereocenters. The highest BCUT2D eigenvalue weighted by Crippen LogP contribution is 2.31. The minimum absolute atomic E-state index is 0.485. The van der Waals surface area contributed by atoms with E-state index >= 15 is 0 Å². The highest BCUT2D eigenvalue weighted by atomic mass is 19.4. The number of rotatable bonds is 0. The zero-order valence-corrected chi connectivity index (χ0v) is 6.18. The van der Waals surface area contributed by atoms with E-state index in [0.29, 0.717) is 0 Å². The molecular weight excluding hydrogens is 161 g/mol. The molecule has 1 saturated heterocycles. The third kappa shape index (κ3) is 1.84. The van der Waals surface area contributed by atoms with E-state index in [1.807, 2.05) is 0 Å². The van der Waals surface area contributed by atoms with Crippen LogP contribution in [0.1, 0.15) is 13.8 Å². The lowest BCUT2D eigenvalue weighted by atomic mass is 10.3. The van der Waals surface area contributed by atoms with Crippen LogP contribution >= 0.6 is 0 Å². The summed E-state index contributed by atoms with van der Waals surface area (Å²) in [4.78, 5) is 0. The van der Waals surface area contributed by atoms with Gasteiger partial charge < -0.3 is 9.47 Å². The van der Waals surface area contributed by atoms with E-state index in [4.69, 9.17) is 0 Å². The fourth-order valence-corrected chi connectivity index (χ4v) is 0.798. The molecule has 1 aliphatic heterocycles. The first-order chi connectivity index (χ1) is 4.91. The Balaban J connectivity index is 2.54. The second kappa shape index (κ2) is 2.64. The van der Waals surface area contributed by atoms with Crippen molar-refractivity contribution in [1.82, 2.24) is 0 Å². The summed E-state index contributed by atoms with van der Waals surface area (Å²) < 4.78 is 44.6. The van der Waals surface area contributed by atoms with E-state index in [1.165, 1.54) is 0 Å². The molecule has 0 saturated carbocycles. The average Bonchev–Trinajstić information content (AvgIpc) is 2.11. The molecule has 0 aromatic rings. The first-order valence-electron chi connectivity index (χ1n) is 3.29. The number of halogens is 3. The maximum Gasteiger partial charge on any atom is 0.440 e. The van der Waals surface area contributed by atoms with Gasteiger partial charge in [0.2, 0.25) is 0 Å². The molecule has 2 unspecified atom stereocenters. The van der Waals surface area contributed by atoms with Crippen LogP contribution in [0.15, 0.2) is 0 Å². The van der Waals surface area contributed by atoms with Gasteiger partial charge in [-0.2, -0.15) is 13.2 Å². The van der Waals surface area contributed by atoms with Crippen LogP contribution in [0, 0.1) is 0 Å². The van der Waals surface area contributed by atoms with Crippen molar-refractivity contribution in [1.29, 1.82) is 0 Å². The fourth-order valence-electron chi connectivity index (χ4n) is 0.798. The van der Waals surface area contributed by atoms with Crippen LogP contribution < -0.4 is 0 Å². The zero-order chi connectivity index (χ0) is 8.65. The van der Waals surface area contributed by atoms with Gasteiger partial charge in [-0.25, -0.2) is 0 Å². The quantitative estimate of drug-likeness (QED) is 0.550. The molecule has 0 aliphatic carbocycles. The molecule has 11 heavy (non-hydrogen) atoms. The second-order valence-electron chi connectivity index (χ2n) is 2.56. The molecule has 1 rings (SSSR count). The molecule has 0 bridgehead atoms. The Morgan fingerprint density at radius 2 is 1.36 bits per heavy atom. The van der Waals surface area contributed by atoms with E-state index in [1.54, 1.807) is 13.8 Å². The molecule has 0 aromatic carbocycles. The van der Waals surface area contributed by atoms with E-state index in [0.717, 1.165) is 0 Å². The summed E-state index contributed by atoms with van der Waals surface area (Å²) in [6.45, 7) is 3.10. The van der Waals surface area contributed by atoms with Gasteiger partial charge in [-0.3, -0.25) is 0 Å². The lowest BCUT2D eigenvalue weighted by Crippen LogP contribution is -2.30. The van der Waals surface area contributed by atoms with Crippen molar-refractivity contribution in [3.8, 4) is 0 Å². The minimum Gasteiger partial charge on any atom is -0.339 e. The molecule has 2 nitrogen and oxygen atoms in total. The zero-order valence-electron chi connectivity index (χ0n) is 6.18. The summed E-state index contributed by atoms with van der Waals surface area (Å²) in [5.41, 5.74) is 0. The largest absolute Gasteiger partial charge is 0.440 e. The van der Waals surface area contributed by atoms with Crippen LogP contribution in [0.4, 0.5) is 13.2 Å². The maximum absolute atomic E-state index is 11.9. The molecule has 1 aliphatic rings. The van der Waals surface area contributed by atoms with Gasteiger partial charge in [0.1, 0.15) is 0 Å². The van der Waals surface area contributed by atoms with Gasteiger partial charge in [-0.05, 0) is 13.8 Å². The number of hydrogen-bond acceptors (Lipinski definition) is 2. The first kappa shape index (κ1) is 8.80. The van der Waals surface area contributed by atoms with Crippen molar-refractivity contribution in [2.75, 3.05) is 0 Å². The molecule has 0 radical (unpaired) electrons. The van der Waals surface area contributed by atoms with Gasteiger partial charge in [0.05, 0.1) is 12.2 Å². The predicted molar refractivity (Wildman–Crippen MR) is 30.9 cm³/mol. The Morgan fingerprint density at radius 3 is 1.55 bits per heavy atom. The van der Waals surface area contributed by atoms with Crippen molar-refractivity contribution >= 4 is 0 Å². The van der Waals surface area contributed by atoms with E-state index in [2.05, 4.69) is 9.47 Å². The van der Waals surface area contributed by atoms with E-state index < -0.39 is 24.7 Å². The Morgan fingerprint density at radius 1 is 1.00 bits per heavy atom. The van der Waals surface area contributed by atoms with Gasteiger partial charge in [-0.1, -0.05) is 0 Å². The number of alkyl halides is 3. The first-order valence-corrected chi connectivity index (χ1v) is 3.29. The van der Waals surface area contributed by atoms with Crippen LogP contribution in [-0.4, -0.2) is 24.7 Å². The van der Waals surface area contributed by atoms with Crippen molar-refractivity contribution in [3.05, 3.63) is 0 Å². The predicted octanol–water partition coefficient (Wildman–Crippen LogP) is 1.70. The van der Waals surface area contributed by atoms with Crippen molar-refractivity contribution in [2.45, 2.75) is 38.5 Å². The highest BCUT2D eigenvalue weighted by molar-refractivity contribution is 4.73.